The Morgan fingerprint density at radius 1 is 1.10 bits per heavy atom. The molecule has 0 unspecified atom stereocenters. The third-order valence-electron chi connectivity index (χ3n) is 3.12. The first kappa shape index (κ1) is 14.8. The molecule has 0 heterocycles. The van der Waals surface area contributed by atoms with Crippen LogP contribution in [0.25, 0.3) is 0 Å². The minimum absolute atomic E-state index is 0.0489. The summed E-state index contributed by atoms with van der Waals surface area (Å²) >= 11 is 0. The van der Waals surface area contributed by atoms with Gasteiger partial charge < -0.3 is 5.11 Å². The molecule has 4 heteroatoms. The molecule has 0 fully saturated rings. The van der Waals surface area contributed by atoms with E-state index in [-0.39, 0.29) is 11.3 Å². The Hall–Kier alpha value is -2.62. The second-order valence-corrected chi connectivity index (χ2v) is 4.79. The molecule has 0 saturated heterocycles. The Kier molecular flexibility index (Phi) is 5.10. The Balaban J connectivity index is 1.89. The molecule has 2 rings (SSSR count). The van der Waals surface area contributed by atoms with Gasteiger partial charge in [0.1, 0.15) is 5.75 Å². The topological polar surface area (TPSA) is 61.7 Å². The van der Waals surface area contributed by atoms with Crippen LogP contribution in [0.4, 0.5) is 0 Å². The number of hydrazone groups is 1. The highest BCUT2D eigenvalue weighted by atomic mass is 16.3. The molecule has 0 aromatic heterocycles. The largest absolute Gasteiger partial charge is 0.507 e. The van der Waals surface area contributed by atoms with Crippen molar-refractivity contribution < 1.29 is 9.90 Å². The number of amides is 1. The molecule has 2 aromatic rings. The van der Waals surface area contributed by atoms with Crippen molar-refractivity contribution in [1.82, 2.24) is 5.43 Å². The summed E-state index contributed by atoms with van der Waals surface area (Å²) in [6.07, 6.45) is 1.65. The van der Waals surface area contributed by atoms with Crippen LogP contribution in [0.3, 0.4) is 0 Å². The van der Waals surface area contributed by atoms with Gasteiger partial charge in [-0.1, -0.05) is 42.5 Å². The van der Waals surface area contributed by atoms with E-state index in [2.05, 4.69) is 22.7 Å². The second kappa shape index (κ2) is 7.24. The van der Waals surface area contributed by atoms with Crippen LogP contribution < -0.4 is 5.43 Å². The maximum absolute atomic E-state index is 11.9. The van der Waals surface area contributed by atoms with Crippen molar-refractivity contribution in [1.29, 1.82) is 0 Å². The number of nitrogens with zero attached hydrogens (tertiary/aromatic N) is 1. The van der Waals surface area contributed by atoms with Crippen molar-refractivity contribution in [2.24, 2.45) is 5.10 Å². The van der Waals surface area contributed by atoms with E-state index in [1.54, 1.807) is 18.2 Å². The zero-order valence-corrected chi connectivity index (χ0v) is 11.9. The van der Waals surface area contributed by atoms with Crippen molar-refractivity contribution in [2.75, 3.05) is 0 Å². The third-order valence-corrected chi connectivity index (χ3v) is 3.12. The van der Waals surface area contributed by atoms with Crippen molar-refractivity contribution in [2.45, 2.75) is 19.8 Å². The Bertz CT molecular complexity index is 636. The molecular weight excluding hydrogens is 264 g/mol. The predicted molar refractivity (Wildman–Crippen MR) is 83.4 cm³/mol. The van der Waals surface area contributed by atoms with Gasteiger partial charge in [-0.15, -0.1) is 0 Å². The first-order valence-electron chi connectivity index (χ1n) is 6.82. The van der Waals surface area contributed by atoms with E-state index in [9.17, 15) is 9.90 Å². The number of hydrogen-bond acceptors (Lipinski definition) is 3. The molecule has 1 amide bonds. The summed E-state index contributed by atoms with van der Waals surface area (Å²) in [7, 11) is 0. The van der Waals surface area contributed by atoms with E-state index in [1.807, 2.05) is 25.1 Å². The number of phenolic OH excluding ortho intramolecular Hbond substituents is 1. The van der Waals surface area contributed by atoms with Gasteiger partial charge in [-0.2, -0.15) is 5.10 Å². The highest BCUT2D eigenvalue weighted by Crippen LogP contribution is 2.14. The fourth-order valence-corrected chi connectivity index (χ4v) is 1.90. The molecule has 0 radical (unpaired) electrons. The van der Waals surface area contributed by atoms with Crippen molar-refractivity contribution in [3.8, 4) is 5.75 Å². The molecule has 0 atom stereocenters. The molecule has 0 saturated carbocycles. The van der Waals surface area contributed by atoms with Gasteiger partial charge in [0.05, 0.1) is 5.56 Å². The number of nitrogens with one attached hydrogen (secondary N) is 1. The fraction of sp³-hybridized carbons (Fsp3) is 0.176. The number of aromatic hydroxyl groups is 1. The minimum atomic E-state index is -0.410. The fourth-order valence-electron chi connectivity index (χ4n) is 1.90. The monoisotopic (exact) mass is 282 g/mol. The first-order valence-corrected chi connectivity index (χ1v) is 6.82. The van der Waals surface area contributed by atoms with Crippen LogP contribution in [0.1, 0.15) is 29.3 Å². The lowest BCUT2D eigenvalue weighted by Gasteiger charge is -2.04. The number of para-hydroxylation sites is 1. The summed E-state index contributed by atoms with van der Waals surface area (Å²) in [6.45, 7) is 1.87. The molecule has 2 N–H and O–H groups in total. The highest BCUT2D eigenvalue weighted by molar-refractivity contribution is 5.97. The van der Waals surface area contributed by atoms with E-state index in [4.69, 9.17) is 0 Å². The lowest BCUT2D eigenvalue weighted by Crippen LogP contribution is -2.19. The molecule has 2 aromatic carbocycles. The molecule has 21 heavy (non-hydrogen) atoms. The summed E-state index contributed by atoms with van der Waals surface area (Å²) in [4.78, 5) is 11.9. The molecule has 4 nitrogen and oxygen atoms in total. The number of benzene rings is 2. The van der Waals surface area contributed by atoms with Crippen molar-refractivity contribution in [3.63, 3.8) is 0 Å². The standard InChI is InChI=1S/C17H18N2O2/c1-13(11-12-14-7-3-2-4-8-14)18-19-17(21)15-9-5-6-10-16(15)20/h2-10,20H,11-12H2,1H3,(H,19,21)/b18-13-. The molecule has 0 spiro atoms. The number of aryl methyl sites for hydroxylation is 1. The normalized spacial score (nSPS) is 11.2. The predicted octanol–water partition coefficient (Wildman–Crippen LogP) is 3.13. The van der Waals surface area contributed by atoms with Crippen LogP contribution in [0.5, 0.6) is 5.75 Å². The summed E-state index contributed by atoms with van der Waals surface area (Å²) in [5, 5.41) is 13.7. The van der Waals surface area contributed by atoms with E-state index in [0.29, 0.717) is 0 Å². The summed E-state index contributed by atoms with van der Waals surface area (Å²) in [5.41, 5.74) is 4.76. The van der Waals surface area contributed by atoms with E-state index >= 15 is 0 Å². The molecule has 0 aliphatic carbocycles. The number of phenols is 1. The zero-order chi connectivity index (χ0) is 15.1. The van der Waals surface area contributed by atoms with Crippen LogP contribution in [0.15, 0.2) is 59.7 Å². The lowest BCUT2D eigenvalue weighted by atomic mass is 10.1. The average Bonchev–Trinajstić information content (AvgIpc) is 2.52. The van der Waals surface area contributed by atoms with Gasteiger partial charge >= 0.3 is 0 Å². The van der Waals surface area contributed by atoms with Crippen LogP contribution >= 0.6 is 0 Å². The minimum Gasteiger partial charge on any atom is -0.507 e. The summed E-state index contributed by atoms with van der Waals surface area (Å²) in [5.74, 6) is -0.459. The van der Waals surface area contributed by atoms with Gasteiger partial charge in [-0.25, -0.2) is 5.43 Å². The van der Waals surface area contributed by atoms with E-state index in [0.717, 1.165) is 18.6 Å². The van der Waals surface area contributed by atoms with Crippen molar-refractivity contribution >= 4 is 11.6 Å². The maximum atomic E-state index is 11.9. The van der Waals surface area contributed by atoms with Gasteiger partial charge in [-0.05, 0) is 37.5 Å². The molecule has 0 aliphatic heterocycles. The van der Waals surface area contributed by atoms with Crippen molar-refractivity contribution in [3.05, 3.63) is 65.7 Å². The van der Waals surface area contributed by atoms with E-state index < -0.39 is 5.91 Å². The molecule has 0 bridgehead atoms. The van der Waals surface area contributed by atoms with Crippen LogP contribution in [-0.4, -0.2) is 16.7 Å². The molecular formula is C17H18N2O2. The lowest BCUT2D eigenvalue weighted by molar-refractivity contribution is 0.0952. The summed E-state index contributed by atoms with van der Waals surface area (Å²) in [6, 6.07) is 16.5. The third kappa shape index (κ3) is 4.45. The zero-order valence-electron chi connectivity index (χ0n) is 11.9. The van der Waals surface area contributed by atoms with Gasteiger partial charge in [0.25, 0.3) is 5.91 Å². The first-order chi connectivity index (χ1) is 10.2. The SMILES string of the molecule is C/C(CCc1ccccc1)=N/NC(=O)c1ccccc1O. The number of carbonyl (C=O) groups excluding carboxylic acids is 1. The molecule has 108 valence electrons. The Morgan fingerprint density at radius 2 is 1.76 bits per heavy atom. The number of carbonyl (C=O) groups is 1. The van der Waals surface area contributed by atoms with Gasteiger partial charge in [0.15, 0.2) is 0 Å². The Labute approximate surface area is 124 Å². The van der Waals surface area contributed by atoms with Crippen LogP contribution in [0.2, 0.25) is 0 Å². The highest BCUT2D eigenvalue weighted by Gasteiger charge is 2.08. The summed E-state index contributed by atoms with van der Waals surface area (Å²) < 4.78 is 0. The maximum Gasteiger partial charge on any atom is 0.275 e. The smallest absolute Gasteiger partial charge is 0.275 e. The number of rotatable bonds is 5. The van der Waals surface area contributed by atoms with Gasteiger partial charge in [-0.3, -0.25) is 4.79 Å². The van der Waals surface area contributed by atoms with Crippen LogP contribution in [0, 0.1) is 0 Å². The van der Waals surface area contributed by atoms with Gasteiger partial charge in [0, 0.05) is 5.71 Å². The molecule has 0 aliphatic rings. The van der Waals surface area contributed by atoms with Crippen LogP contribution in [-0.2, 0) is 6.42 Å². The number of hydrogen-bond donors (Lipinski definition) is 2. The Morgan fingerprint density at radius 3 is 2.48 bits per heavy atom. The van der Waals surface area contributed by atoms with E-state index in [1.165, 1.54) is 11.6 Å². The quantitative estimate of drug-likeness (QED) is 0.653. The second-order valence-electron chi connectivity index (χ2n) is 4.79. The van der Waals surface area contributed by atoms with Gasteiger partial charge in [0.2, 0.25) is 0 Å². The average molecular weight is 282 g/mol.